The third-order valence-electron chi connectivity index (χ3n) is 3.59. The standard InChI is InChI=1S/C14H20N2O2/c1-4-12-13(10-5-7-11(17)8-6-10)15-9(2)16-14(12)18-3/h10H,4-8H2,1-3H3. The Morgan fingerprint density at radius 2 is 1.94 bits per heavy atom. The molecule has 0 saturated heterocycles. The van der Waals surface area contributed by atoms with Gasteiger partial charge in [-0.2, -0.15) is 4.98 Å². The number of rotatable bonds is 3. The molecule has 0 unspecified atom stereocenters. The maximum atomic E-state index is 11.3. The van der Waals surface area contributed by atoms with Gasteiger partial charge in [0.1, 0.15) is 11.6 Å². The summed E-state index contributed by atoms with van der Waals surface area (Å²) in [6, 6.07) is 0. The van der Waals surface area contributed by atoms with Gasteiger partial charge in [-0.1, -0.05) is 6.92 Å². The molecule has 0 aromatic carbocycles. The van der Waals surface area contributed by atoms with E-state index in [1.807, 2.05) is 6.92 Å². The monoisotopic (exact) mass is 248 g/mol. The molecule has 1 aromatic rings. The quantitative estimate of drug-likeness (QED) is 0.825. The van der Waals surface area contributed by atoms with Crippen molar-refractivity contribution in [3.8, 4) is 5.88 Å². The van der Waals surface area contributed by atoms with Crippen molar-refractivity contribution < 1.29 is 9.53 Å². The van der Waals surface area contributed by atoms with Crippen molar-refractivity contribution in [2.45, 2.75) is 51.9 Å². The molecular weight excluding hydrogens is 228 g/mol. The molecule has 0 N–H and O–H groups in total. The van der Waals surface area contributed by atoms with Crippen molar-refractivity contribution in [3.05, 3.63) is 17.1 Å². The zero-order valence-electron chi connectivity index (χ0n) is 11.3. The maximum absolute atomic E-state index is 11.3. The Morgan fingerprint density at radius 1 is 1.28 bits per heavy atom. The summed E-state index contributed by atoms with van der Waals surface area (Å²) in [5, 5.41) is 0. The van der Waals surface area contributed by atoms with E-state index in [1.165, 1.54) is 0 Å². The number of nitrogens with zero attached hydrogens (tertiary/aromatic N) is 2. The SMILES string of the molecule is CCc1c(OC)nc(C)nc1C1CCC(=O)CC1. The van der Waals surface area contributed by atoms with Gasteiger partial charge in [0.25, 0.3) is 0 Å². The van der Waals surface area contributed by atoms with E-state index in [0.29, 0.717) is 30.4 Å². The number of aromatic nitrogens is 2. The van der Waals surface area contributed by atoms with E-state index < -0.39 is 0 Å². The molecule has 1 heterocycles. The van der Waals surface area contributed by atoms with Gasteiger partial charge >= 0.3 is 0 Å². The Kier molecular flexibility index (Phi) is 3.94. The van der Waals surface area contributed by atoms with Gasteiger partial charge in [0.2, 0.25) is 5.88 Å². The molecule has 1 aliphatic rings. The fourth-order valence-corrected chi connectivity index (χ4v) is 2.64. The number of hydrogen-bond acceptors (Lipinski definition) is 4. The highest BCUT2D eigenvalue weighted by atomic mass is 16.5. The number of Topliss-reactive ketones (excluding diaryl/α,β-unsaturated/α-hetero) is 1. The summed E-state index contributed by atoms with van der Waals surface area (Å²) in [5.41, 5.74) is 2.19. The fourth-order valence-electron chi connectivity index (χ4n) is 2.64. The van der Waals surface area contributed by atoms with E-state index in [2.05, 4.69) is 16.9 Å². The van der Waals surface area contributed by atoms with Gasteiger partial charge < -0.3 is 4.74 Å². The van der Waals surface area contributed by atoms with Crippen molar-refractivity contribution in [2.24, 2.45) is 0 Å². The smallest absolute Gasteiger partial charge is 0.219 e. The maximum Gasteiger partial charge on any atom is 0.219 e. The van der Waals surface area contributed by atoms with Gasteiger partial charge in [0, 0.05) is 24.3 Å². The second-order valence-corrected chi connectivity index (χ2v) is 4.81. The van der Waals surface area contributed by atoms with Gasteiger partial charge in [-0.05, 0) is 26.2 Å². The molecule has 0 amide bonds. The van der Waals surface area contributed by atoms with Crippen molar-refractivity contribution in [3.63, 3.8) is 0 Å². The first-order valence-corrected chi connectivity index (χ1v) is 6.58. The van der Waals surface area contributed by atoms with Crippen LogP contribution in [0.2, 0.25) is 0 Å². The molecule has 1 saturated carbocycles. The Balaban J connectivity index is 2.36. The third-order valence-corrected chi connectivity index (χ3v) is 3.59. The fraction of sp³-hybridized carbons (Fsp3) is 0.643. The molecule has 0 radical (unpaired) electrons. The number of ether oxygens (including phenoxy) is 1. The van der Waals surface area contributed by atoms with Crippen molar-refractivity contribution >= 4 is 5.78 Å². The Hall–Kier alpha value is -1.45. The molecule has 2 rings (SSSR count). The Morgan fingerprint density at radius 3 is 2.50 bits per heavy atom. The minimum Gasteiger partial charge on any atom is -0.481 e. The molecule has 4 heteroatoms. The van der Waals surface area contributed by atoms with E-state index in [9.17, 15) is 4.79 Å². The van der Waals surface area contributed by atoms with Crippen molar-refractivity contribution in [2.75, 3.05) is 7.11 Å². The van der Waals surface area contributed by atoms with Crippen LogP contribution >= 0.6 is 0 Å². The Bertz CT molecular complexity index is 447. The van der Waals surface area contributed by atoms with Crippen LogP contribution in [0.15, 0.2) is 0 Å². The summed E-state index contributed by atoms with van der Waals surface area (Å²) in [4.78, 5) is 20.3. The topological polar surface area (TPSA) is 52.1 Å². The van der Waals surface area contributed by atoms with Crippen LogP contribution in [0.25, 0.3) is 0 Å². The summed E-state index contributed by atoms with van der Waals surface area (Å²) in [6.45, 7) is 3.98. The van der Waals surface area contributed by atoms with E-state index >= 15 is 0 Å². The summed E-state index contributed by atoms with van der Waals surface area (Å²) in [5.74, 6) is 2.20. The van der Waals surface area contributed by atoms with Gasteiger partial charge in [0.05, 0.1) is 12.8 Å². The average molecular weight is 248 g/mol. The third kappa shape index (κ3) is 2.52. The van der Waals surface area contributed by atoms with Crippen molar-refractivity contribution in [1.82, 2.24) is 9.97 Å². The molecule has 0 spiro atoms. The summed E-state index contributed by atoms with van der Waals surface area (Å²) in [6.07, 6.45) is 4.04. The number of carbonyl (C=O) groups excluding carboxylic acids is 1. The Labute approximate surface area is 108 Å². The minimum atomic E-state index is 0.377. The van der Waals surface area contributed by atoms with Gasteiger partial charge in [-0.15, -0.1) is 0 Å². The van der Waals surface area contributed by atoms with E-state index in [1.54, 1.807) is 7.11 Å². The second kappa shape index (κ2) is 5.46. The molecule has 0 atom stereocenters. The molecule has 0 bridgehead atoms. The van der Waals surface area contributed by atoms with Crippen LogP contribution in [0.1, 0.15) is 55.6 Å². The summed E-state index contributed by atoms with van der Waals surface area (Å²) < 4.78 is 5.35. The molecule has 1 fully saturated rings. The number of hydrogen-bond donors (Lipinski definition) is 0. The van der Waals surface area contributed by atoms with Crippen LogP contribution in [0.5, 0.6) is 5.88 Å². The summed E-state index contributed by atoms with van der Waals surface area (Å²) in [7, 11) is 1.65. The molecule has 18 heavy (non-hydrogen) atoms. The molecule has 1 aliphatic carbocycles. The number of ketones is 1. The lowest BCUT2D eigenvalue weighted by Crippen LogP contribution is -2.16. The van der Waals surface area contributed by atoms with Gasteiger partial charge in [-0.25, -0.2) is 4.98 Å². The zero-order valence-corrected chi connectivity index (χ0v) is 11.3. The molecule has 0 aliphatic heterocycles. The molecule has 1 aromatic heterocycles. The lowest BCUT2D eigenvalue weighted by molar-refractivity contribution is -0.120. The van der Waals surface area contributed by atoms with Crippen LogP contribution in [-0.2, 0) is 11.2 Å². The summed E-state index contributed by atoms with van der Waals surface area (Å²) >= 11 is 0. The number of aryl methyl sites for hydroxylation is 1. The normalized spacial score (nSPS) is 16.9. The first kappa shape index (κ1) is 13.0. The predicted octanol–water partition coefficient (Wildman–Crippen LogP) is 2.58. The average Bonchev–Trinajstić information content (AvgIpc) is 2.38. The minimum absolute atomic E-state index is 0.377. The van der Waals surface area contributed by atoms with Gasteiger partial charge in [-0.3, -0.25) is 4.79 Å². The zero-order chi connectivity index (χ0) is 13.1. The van der Waals surface area contributed by atoms with E-state index in [0.717, 1.165) is 36.3 Å². The van der Waals surface area contributed by atoms with Crippen LogP contribution in [-0.4, -0.2) is 22.9 Å². The van der Waals surface area contributed by atoms with Crippen LogP contribution in [0.4, 0.5) is 0 Å². The highest BCUT2D eigenvalue weighted by molar-refractivity contribution is 5.79. The number of carbonyl (C=O) groups is 1. The highest BCUT2D eigenvalue weighted by Gasteiger charge is 2.25. The molecular formula is C14H20N2O2. The van der Waals surface area contributed by atoms with Gasteiger partial charge in [0.15, 0.2) is 0 Å². The first-order valence-electron chi connectivity index (χ1n) is 6.58. The second-order valence-electron chi connectivity index (χ2n) is 4.81. The van der Waals surface area contributed by atoms with E-state index in [4.69, 9.17) is 4.74 Å². The molecule has 98 valence electrons. The highest BCUT2D eigenvalue weighted by Crippen LogP contribution is 2.34. The largest absolute Gasteiger partial charge is 0.481 e. The predicted molar refractivity (Wildman–Crippen MR) is 68.9 cm³/mol. The van der Waals surface area contributed by atoms with E-state index in [-0.39, 0.29) is 0 Å². The lowest BCUT2D eigenvalue weighted by atomic mass is 9.84. The lowest BCUT2D eigenvalue weighted by Gasteiger charge is -2.23. The molecule has 4 nitrogen and oxygen atoms in total. The number of methoxy groups -OCH3 is 1. The van der Waals surface area contributed by atoms with Crippen molar-refractivity contribution in [1.29, 1.82) is 0 Å². The first-order chi connectivity index (χ1) is 8.65. The van der Waals surface area contributed by atoms with Crippen LogP contribution in [0.3, 0.4) is 0 Å². The van der Waals surface area contributed by atoms with Crippen LogP contribution < -0.4 is 4.74 Å². The van der Waals surface area contributed by atoms with Crippen LogP contribution in [0, 0.1) is 6.92 Å².